The van der Waals surface area contributed by atoms with Crippen molar-refractivity contribution in [1.29, 1.82) is 0 Å². The molecule has 4 heteroatoms. The number of amides is 1. The van der Waals surface area contributed by atoms with Crippen LogP contribution in [-0.4, -0.2) is 19.0 Å². The fraction of sp³-hybridized carbons (Fsp3) is 0.500. The third kappa shape index (κ3) is 6.35. The second-order valence-corrected chi connectivity index (χ2v) is 4.75. The number of carbonyl (C=O) groups is 1. The number of carbonyl (C=O) groups excluding carboxylic acids is 1. The minimum atomic E-state index is -0.232. The van der Waals surface area contributed by atoms with E-state index >= 15 is 0 Å². The molecule has 0 bridgehead atoms. The Hall–Kier alpha value is -1.42. The van der Waals surface area contributed by atoms with Crippen LogP contribution in [0.25, 0.3) is 0 Å². The molecule has 0 radical (unpaired) electrons. The molecule has 0 saturated heterocycles. The third-order valence-electron chi connectivity index (χ3n) is 2.45. The molecule has 0 saturated carbocycles. The Morgan fingerprint density at radius 2 is 2.17 bits per heavy atom. The van der Waals surface area contributed by atoms with Gasteiger partial charge < -0.3 is 10.6 Å². The van der Waals surface area contributed by atoms with Crippen LogP contribution in [0.4, 0.5) is 4.39 Å². The van der Waals surface area contributed by atoms with Crippen LogP contribution in [0.5, 0.6) is 0 Å². The second kappa shape index (κ2) is 7.82. The molecule has 1 aromatic carbocycles. The molecule has 100 valence electrons. The van der Waals surface area contributed by atoms with Crippen LogP contribution in [0.3, 0.4) is 0 Å². The van der Waals surface area contributed by atoms with Crippen LogP contribution in [0.15, 0.2) is 24.3 Å². The van der Waals surface area contributed by atoms with Gasteiger partial charge in [-0.15, -0.1) is 0 Å². The average Bonchev–Trinajstić information content (AvgIpc) is 2.32. The summed E-state index contributed by atoms with van der Waals surface area (Å²) in [5, 5.41) is 5.97. The minimum Gasteiger partial charge on any atom is -0.356 e. The Bertz CT molecular complexity index is 380. The predicted molar refractivity (Wildman–Crippen MR) is 70.6 cm³/mol. The highest BCUT2D eigenvalue weighted by atomic mass is 19.1. The molecular weight excluding hydrogens is 231 g/mol. The Balaban J connectivity index is 2.13. The van der Waals surface area contributed by atoms with Gasteiger partial charge in [0.25, 0.3) is 0 Å². The van der Waals surface area contributed by atoms with Crippen LogP contribution in [-0.2, 0) is 11.3 Å². The third-order valence-corrected chi connectivity index (χ3v) is 2.45. The van der Waals surface area contributed by atoms with E-state index in [-0.39, 0.29) is 11.7 Å². The molecule has 1 aromatic rings. The lowest BCUT2D eigenvalue weighted by Crippen LogP contribution is -2.30. The van der Waals surface area contributed by atoms with Gasteiger partial charge >= 0.3 is 0 Å². The summed E-state index contributed by atoms with van der Waals surface area (Å²) in [5.74, 6) is 0.286. The first-order valence-electron chi connectivity index (χ1n) is 6.30. The van der Waals surface area contributed by atoms with Gasteiger partial charge in [-0.1, -0.05) is 26.0 Å². The standard InChI is InChI=1S/C14H21FN2O/c1-11(2)9-17-14(18)6-7-16-10-12-4-3-5-13(15)8-12/h3-5,8,11,16H,6-7,9-10H2,1-2H3,(H,17,18). The molecule has 1 rings (SSSR count). The molecule has 0 heterocycles. The monoisotopic (exact) mass is 252 g/mol. The van der Waals surface area contributed by atoms with Crippen molar-refractivity contribution in [3.05, 3.63) is 35.6 Å². The quantitative estimate of drug-likeness (QED) is 0.729. The summed E-state index contributed by atoms with van der Waals surface area (Å²) in [6.45, 7) is 6.00. The molecule has 0 unspecified atom stereocenters. The summed E-state index contributed by atoms with van der Waals surface area (Å²) in [5.41, 5.74) is 0.887. The zero-order valence-electron chi connectivity index (χ0n) is 11.0. The molecular formula is C14H21FN2O. The predicted octanol–water partition coefficient (Wildman–Crippen LogP) is 2.08. The van der Waals surface area contributed by atoms with E-state index in [0.29, 0.717) is 32.0 Å². The first-order valence-corrected chi connectivity index (χ1v) is 6.30. The number of halogens is 1. The number of nitrogens with one attached hydrogen (secondary N) is 2. The maximum Gasteiger partial charge on any atom is 0.221 e. The smallest absolute Gasteiger partial charge is 0.221 e. The van der Waals surface area contributed by atoms with E-state index in [0.717, 1.165) is 5.56 Å². The molecule has 3 nitrogen and oxygen atoms in total. The first kappa shape index (κ1) is 14.6. The van der Waals surface area contributed by atoms with E-state index in [1.54, 1.807) is 6.07 Å². The van der Waals surface area contributed by atoms with E-state index in [9.17, 15) is 9.18 Å². The van der Waals surface area contributed by atoms with E-state index in [1.165, 1.54) is 12.1 Å². The molecule has 18 heavy (non-hydrogen) atoms. The normalized spacial score (nSPS) is 10.7. The van der Waals surface area contributed by atoms with Gasteiger partial charge in [0.15, 0.2) is 0 Å². The molecule has 0 aliphatic rings. The highest BCUT2D eigenvalue weighted by Gasteiger charge is 2.01. The zero-order chi connectivity index (χ0) is 13.4. The van der Waals surface area contributed by atoms with E-state index in [1.807, 2.05) is 6.07 Å². The van der Waals surface area contributed by atoms with Gasteiger partial charge in [-0.2, -0.15) is 0 Å². The Morgan fingerprint density at radius 3 is 2.83 bits per heavy atom. The summed E-state index contributed by atoms with van der Waals surface area (Å²) < 4.78 is 12.9. The van der Waals surface area contributed by atoms with Gasteiger partial charge in [-0.3, -0.25) is 4.79 Å². The number of hydrogen-bond donors (Lipinski definition) is 2. The van der Waals surface area contributed by atoms with E-state index in [2.05, 4.69) is 24.5 Å². The molecule has 0 aromatic heterocycles. The van der Waals surface area contributed by atoms with Crippen molar-refractivity contribution in [1.82, 2.24) is 10.6 Å². The number of rotatable bonds is 7. The Morgan fingerprint density at radius 1 is 1.39 bits per heavy atom. The lowest BCUT2D eigenvalue weighted by molar-refractivity contribution is -0.121. The van der Waals surface area contributed by atoms with Crippen LogP contribution >= 0.6 is 0 Å². The first-order chi connectivity index (χ1) is 8.58. The SMILES string of the molecule is CC(C)CNC(=O)CCNCc1cccc(F)c1. The number of benzene rings is 1. The van der Waals surface area contributed by atoms with Crippen molar-refractivity contribution < 1.29 is 9.18 Å². The topological polar surface area (TPSA) is 41.1 Å². The molecule has 2 N–H and O–H groups in total. The van der Waals surface area contributed by atoms with Gasteiger partial charge in [0.05, 0.1) is 0 Å². The number of hydrogen-bond acceptors (Lipinski definition) is 2. The van der Waals surface area contributed by atoms with Gasteiger partial charge in [0, 0.05) is 26.1 Å². The van der Waals surface area contributed by atoms with E-state index < -0.39 is 0 Å². The highest BCUT2D eigenvalue weighted by Crippen LogP contribution is 2.02. The fourth-order valence-corrected chi connectivity index (χ4v) is 1.49. The van der Waals surface area contributed by atoms with Crippen LogP contribution in [0, 0.1) is 11.7 Å². The molecule has 0 aliphatic heterocycles. The Kier molecular flexibility index (Phi) is 6.36. The minimum absolute atomic E-state index is 0.0513. The zero-order valence-corrected chi connectivity index (χ0v) is 11.0. The lowest BCUT2D eigenvalue weighted by Gasteiger charge is -2.08. The Labute approximate surface area is 108 Å². The van der Waals surface area contributed by atoms with E-state index in [4.69, 9.17) is 0 Å². The van der Waals surface area contributed by atoms with Crippen molar-refractivity contribution >= 4 is 5.91 Å². The van der Waals surface area contributed by atoms with Gasteiger partial charge in [-0.05, 0) is 23.6 Å². The summed E-state index contributed by atoms with van der Waals surface area (Å²) in [4.78, 5) is 11.4. The second-order valence-electron chi connectivity index (χ2n) is 4.75. The highest BCUT2D eigenvalue weighted by molar-refractivity contribution is 5.76. The maximum atomic E-state index is 12.9. The van der Waals surface area contributed by atoms with Crippen LogP contribution in [0.2, 0.25) is 0 Å². The fourth-order valence-electron chi connectivity index (χ4n) is 1.49. The summed E-state index contributed by atoms with van der Waals surface area (Å²) >= 11 is 0. The summed E-state index contributed by atoms with van der Waals surface area (Å²) in [6.07, 6.45) is 0.446. The van der Waals surface area contributed by atoms with Crippen molar-refractivity contribution in [2.75, 3.05) is 13.1 Å². The molecule has 0 atom stereocenters. The van der Waals surface area contributed by atoms with Crippen molar-refractivity contribution in [3.63, 3.8) is 0 Å². The summed E-state index contributed by atoms with van der Waals surface area (Å²) in [7, 11) is 0. The maximum absolute atomic E-state index is 12.9. The van der Waals surface area contributed by atoms with Crippen LogP contribution in [0.1, 0.15) is 25.8 Å². The molecule has 1 amide bonds. The van der Waals surface area contributed by atoms with Crippen molar-refractivity contribution in [3.8, 4) is 0 Å². The van der Waals surface area contributed by atoms with Gasteiger partial charge in [0.1, 0.15) is 5.82 Å². The summed E-state index contributed by atoms with van der Waals surface area (Å²) in [6, 6.07) is 6.45. The molecule has 0 aliphatic carbocycles. The lowest BCUT2D eigenvalue weighted by atomic mass is 10.2. The molecule has 0 fully saturated rings. The van der Waals surface area contributed by atoms with Crippen LogP contribution < -0.4 is 10.6 Å². The van der Waals surface area contributed by atoms with Crippen molar-refractivity contribution in [2.24, 2.45) is 5.92 Å². The van der Waals surface area contributed by atoms with Gasteiger partial charge in [-0.25, -0.2) is 4.39 Å². The molecule has 0 spiro atoms. The van der Waals surface area contributed by atoms with Gasteiger partial charge in [0.2, 0.25) is 5.91 Å². The largest absolute Gasteiger partial charge is 0.356 e. The average molecular weight is 252 g/mol. The van der Waals surface area contributed by atoms with Crippen molar-refractivity contribution in [2.45, 2.75) is 26.8 Å².